The molecule has 0 radical (unpaired) electrons. The Kier molecular flexibility index (Phi) is 3.84. The highest BCUT2D eigenvalue weighted by Crippen LogP contribution is 2.32. The van der Waals surface area contributed by atoms with Crippen LogP contribution in [0.2, 0.25) is 0 Å². The van der Waals surface area contributed by atoms with Gasteiger partial charge >= 0.3 is 0 Å². The van der Waals surface area contributed by atoms with Crippen LogP contribution in [0.3, 0.4) is 0 Å². The molecule has 1 fully saturated rings. The zero-order chi connectivity index (χ0) is 15.4. The number of aromatic nitrogens is 1. The fourth-order valence-electron chi connectivity index (χ4n) is 2.66. The molecule has 0 saturated carbocycles. The first kappa shape index (κ1) is 13.8. The van der Waals surface area contributed by atoms with Crippen LogP contribution in [0, 0.1) is 22.7 Å². The van der Waals surface area contributed by atoms with E-state index in [2.05, 4.69) is 20.4 Å². The van der Waals surface area contributed by atoms with Crippen molar-refractivity contribution in [3.63, 3.8) is 0 Å². The third kappa shape index (κ3) is 2.55. The summed E-state index contributed by atoms with van der Waals surface area (Å²) < 4.78 is 0. The molecule has 6 nitrogen and oxygen atoms in total. The maximum absolute atomic E-state index is 8.74. The standard InChI is InChI=1S/C16H14N6/c17-10-12(11-18)20-21-14-5-6-15(22-8-1-2-9-22)16-13(14)4-3-7-19-16/h3-7,21H,1-2,8-9H2. The molecule has 2 heterocycles. The van der Waals surface area contributed by atoms with Crippen molar-refractivity contribution in [1.82, 2.24) is 4.98 Å². The van der Waals surface area contributed by atoms with Crippen molar-refractivity contribution >= 4 is 28.0 Å². The molecule has 108 valence electrons. The number of rotatable bonds is 3. The van der Waals surface area contributed by atoms with E-state index >= 15 is 0 Å². The first-order valence-electron chi connectivity index (χ1n) is 7.10. The van der Waals surface area contributed by atoms with Crippen LogP contribution in [0.25, 0.3) is 10.9 Å². The summed E-state index contributed by atoms with van der Waals surface area (Å²) in [7, 11) is 0. The summed E-state index contributed by atoms with van der Waals surface area (Å²) in [5, 5.41) is 22.2. The molecule has 1 saturated heterocycles. The molecule has 1 N–H and O–H groups in total. The SMILES string of the molecule is N#CC(C#N)=NNc1ccc(N2CCCC2)c2ncccc12. The van der Waals surface area contributed by atoms with Gasteiger partial charge in [0.05, 0.1) is 16.9 Å². The van der Waals surface area contributed by atoms with Gasteiger partial charge in [-0.1, -0.05) is 0 Å². The van der Waals surface area contributed by atoms with Gasteiger partial charge in [-0.2, -0.15) is 15.6 Å². The first-order chi connectivity index (χ1) is 10.8. The smallest absolute Gasteiger partial charge is 0.237 e. The summed E-state index contributed by atoms with van der Waals surface area (Å²) in [4.78, 5) is 6.83. The lowest BCUT2D eigenvalue weighted by molar-refractivity contribution is 0.949. The Labute approximate surface area is 128 Å². The molecule has 0 unspecified atom stereocenters. The molecule has 0 amide bonds. The van der Waals surface area contributed by atoms with Crippen molar-refractivity contribution in [3.05, 3.63) is 30.5 Å². The van der Waals surface area contributed by atoms with Gasteiger partial charge in [0.1, 0.15) is 12.1 Å². The number of hydrazone groups is 1. The number of pyridine rings is 1. The first-order valence-corrected chi connectivity index (χ1v) is 7.10. The van der Waals surface area contributed by atoms with Crippen LogP contribution in [0.1, 0.15) is 12.8 Å². The third-order valence-electron chi connectivity index (χ3n) is 3.70. The second-order valence-electron chi connectivity index (χ2n) is 5.02. The fourth-order valence-corrected chi connectivity index (χ4v) is 2.66. The van der Waals surface area contributed by atoms with Crippen molar-refractivity contribution in [2.45, 2.75) is 12.8 Å². The highest BCUT2D eigenvalue weighted by molar-refractivity contribution is 6.10. The molecule has 0 atom stereocenters. The second kappa shape index (κ2) is 6.11. The monoisotopic (exact) mass is 290 g/mol. The van der Waals surface area contributed by atoms with E-state index in [4.69, 9.17) is 10.5 Å². The van der Waals surface area contributed by atoms with Gasteiger partial charge in [0, 0.05) is 24.7 Å². The van der Waals surface area contributed by atoms with E-state index in [9.17, 15) is 0 Å². The highest BCUT2D eigenvalue weighted by Gasteiger charge is 2.16. The maximum atomic E-state index is 8.74. The van der Waals surface area contributed by atoms with Crippen LogP contribution in [-0.2, 0) is 0 Å². The zero-order valence-corrected chi connectivity index (χ0v) is 12.0. The van der Waals surface area contributed by atoms with Gasteiger partial charge in [-0.25, -0.2) is 0 Å². The minimum Gasteiger partial charge on any atom is -0.370 e. The van der Waals surface area contributed by atoms with E-state index in [1.807, 2.05) is 24.3 Å². The Morgan fingerprint density at radius 3 is 2.68 bits per heavy atom. The van der Waals surface area contributed by atoms with E-state index in [1.54, 1.807) is 18.3 Å². The van der Waals surface area contributed by atoms with E-state index < -0.39 is 0 Å². The Hall–Kier alpha value is -3.12. The van der Waals surface area contributed by atoms with Crippen molar-refractivity contribution in [2.24, 2.45) is 5.10 Å². The molecule has 1 aromatic carbocycles. The molecular formula is C16H14N6. The molecule has 1 aliphatic rings. The van der Waals surface area contributed by atoms with Crippen LogP contribution in [0.5, 0.6) is 0 Å². The van der Waals surface area contributed by atoms with Crippen molar-refractivity contribution in [1.29, 1.82) is 10.5 Å². The minimum atomic E-state index is -0.208. The van der Waals surface area contributed by atoms with Gasteiger partial charge in [0.25, 0.3) is 0 Å². The van der Waals surface area contributed by atoms with Gasteiger partial charge in [-0.05, 0) is 37.1 Å². The van der Waals surface area contributed by atoms with Crippen LogP contribution >= 0.6 is 0 Å². The molecule has 0 aliphatic carbocycles. The average molecular weight is 290 g/mol. The number of benzene rings is 1. The van der Waals surface area contributed by atoms with Gasteiger partial charge in [0.15, 0.2) is 0 Å². The van der Waals surface area contributed by atoms with E-state index in [-0.39, 0.29) is 5.71 Å². The summed E-state index contributed by atoms with van der Waals surface area (Å²) in [5.41, 5.74) is 5.33. The topological polar surface area (TPSA) is 88.1 Å². The van der Waals surface area contributed by atoms with Gasteiger partial charge < -0.3 is 4.90 Å². The van der Waals surface area contributed by atoms with Crippen LogP contribution < -0.4 is 10.3 Å². The number of anilines is 2. The largest absolute Gasteiger partial charge is 0.370 e. The Balaban J connectivity index is 2.03. The van der Waals surface area contributed by atoms with Gasteiger partial charge in [-0.15, -0.1) is 0 Å². The summed E-state index contributed by atoms with van der Waals surface area (Å²) in [6.45, 7) is 2.09. The lowest BCUT2D eigenvalue weighted by Crippen LogP contribution is -2.18. The maximum Gasteiger partial charge on any atom is 0.237 e. The number of fused-ring (bicyclic) bond motifs is 1. The molecule has 1 aromatic heterocycles. The van der Waals surface area contributed by atoms with Gasteiger partial charge in [0.2, 0.25) is 5.71 Å². The molecule has 3 rings (SSSR count). The zero-order valence-electron chi connectivity index (χ0n) is 12.0. The summed E-state index contributed by atoms with van der Waals surface area (Å²) in [6.07, 6.45) is 4.17. The minimum absolute atomic E-state index is 0.208. The number of nitriles is 2. The van der Waals surface area contributed by atoms with Crippen LogP contribution in [0.15, 0.2) is 35.6 Å². The Morgan fingerprint density at radius 2 is 1.95 bits per heavy atom. The predicted octanol–water partition coefficient (Wildman–Crippen LogP) is 2.65. The number of hydrogen-bond acceptors (Lipinski definition) is 6. The lowest BCUT2D eigenvalue weighted by Gasteiger charge is -2.20. The van der Waals surface area contributed by atoms with Crippen molar-refractivity contribution in [3.8, 4) is 12.1 Å². The summed E-state index contributed by atoms with van der Waals surface area (Å²) in [6, 6.07) is 11.2. The third-order valence-corrected chi connectivity index (χ3v) is 3.70. The Bertz CT molecular complexity index is 789. The predicted molar refractivity (Wildman–Crippen MR) is 85.5 cm³/mol. The molecule has 0 bridgehead atoms. The van der Waals surface area contributed by atoms with Crippen LogP contribution in [-0.4, -0.2) is 23.8 Å². The molecule has 22 heavy (non-hydrogen) atoms. The Morgan fingerprint density at radius 1 is 1.18 bits per heavy atom. The second-order valence-corrected chi connectivity index (χ2v) is 5.02. The van der Waals surface area contributed by atoms with Gasteiger partial charge in [-0.3, -0.25) is 10.4 Å². The lowest BCUT2D eigenvalue weighted by atomic mass is 10.1. The van der Waals surface area contributed by atoms with Crippen molar-refractivity contribution in [2.75, 3.05) is 23.4 Å². The average Bonchev–Trinajstić information content (AvgIpc) is 3.10. The van der Waals surface area contributed by atoms with E-state index in [0.29, 0.717) is 0 Å². The quantitative estimate of drug-likeness (QED) is 0.693. The van der Waals surface area contributed by atoms with E-state index in [0.717, 1.165) is 35.4 Å². The normalized spacial score (nSPS) is 13.5. The fraction of sp³-hybridized carbons (Fsp3) is 0.250. The molecular weight excluding hydrogens is 276 g/mol. The van der Waals surface area contributed by atoms with E-state index in [1.165, 1.54) is 12.8 Å². The van der Waals surface area contributed by atoms with Crippen molar-refractivity contribution < 1.29 is 0 Å². The highest BCUT2D eigenvalue weighted by atomic mass is 15.3. The molecule has 2 aromatic rings. The molecule has 6 heteroatoms. The summed E-state index contributed by atoms with van der Waals surface area (Å²) in [5.74, 6) is 0. The molecule has 1 aliphatic heterocycles. The molecule has 0 spiro atoms. The van der Waals surface area contributed by atoms with Crippen LogP contribution in [0.4, 0.5) is 11.4 Å². The number of nitrogens with one attached hydrogen (secondary N) is 1. The summed E-state index contributed by atoms with van der Waals surface area (Å²) >= 11 is 0. The number of hydrogen-bond donors (Lipinski definition) is 1. The number of nitrogens with zero attached hydrogens (tertiary/aromatic N) is 5.